The van der Waals surface area contributed by atoms with Crippen LogP contribution in [-0.2, 0) is 0 Å². The van der Waals surface area contributed by atoms with Crippen molar-refractivity contribution in [3.63, 3.8) is 0 Å². The molecule has 0 fully saturated rings. The Morgan fingerprint density at radius 2 is 1.67 bits per heavy atom. The fourth-order valence-electron chi connectivity index (χ4n) is 1.46. The highest BCUT2D eigenvalue weighted by atomic mass is 35.5. The molecule has 94 valence electrons. The van der Waals surface area contributed by atoms with Crippen molar-refractivity contribution in [2.24, 2.45) is 0 Å². The Bertz CT molecular complexity index is 599. The molecule has 2 rings (SSSR count). The van der Waals surface area contributed by atoms with Crippen LogP contribution in [0.2, 0.25) is 15.1 Å². The number of hydrogen-bond acceptors (Lipinski definition) is 2. The molecule has 0 radical (unpaired) electrons. The molecule has 2 aromatic rings. The van der Waals surface area contributed by atoms with Crippen LogP contribution in [0.4, 0.5) is 5.69 Å². The molecule has 5 heteroatoms. The van der Waals surface area contributed by atoms with Crippen molar-refractivity contribution in [3.05, 3.63) is 51.0 Å². The van der Waals surface area contributed by atoms with Crippen LogP contribution in [-0.4, -0.2) is 0 Å². The zero-order valence-corrected chi connectivity index (χ0v) is 11.8. The Morgan fingerprint density at radius 3 is 2.33 bits per heavy atom. The first-order valence-electron chi connectivity index (χ1n) is 5.16. The van der Waals surface area contributed by atoms with Crippen LogP contribution >= 0.6 is 34.8 Å². The largest absolute Gasteiger partial charge is 0.457 e. The number of nitrogen functional groups attached to an aromatic ring is 1. The maximum atomic E-state index is 5.96. The maximum Gasteiger partial charge on any atom is 0.131 e. The standard InChI is InChI=1S/C13H10Cl3NO/c1-7-4-12(17)11(16)6-13(7)18-8-2-3-9(14)10(15)5-8/h2-6H,17H2,1H3. The van der Waals surface area contributed by atoms with E-state index < -0.39 is 0 Å². The van der Waals surface area contributed by atoms with Gasteiger partial charge in [0.2, 0.25) is 0 Å². The van der Waals surface area contributed by atoms with Gasteiger partial charge in [0.05, 0.1) is 20.8 Å². The first-order chi connectivity index (χ1) is 8.47. The molecular weight excluding hydrogens is 293 g/mol. The fourth-order valence-corrected chi connectivity index (χ4v) is 1.90. The molecule has 0 aliphatic rings. The second-order valence-electron chi connectivity index (χ2n) is 3.82. The summed E-state index contributed by atoms with van der Waals surface area (Å²) in [6.45, 7) is 1.89. The van der Waals surface area contributed by atoms with Gasteiger partial charge in [-0.25, -0.2) is 0 Å². The summed E-state index contributed by atoms with van der Waals surface area (Å²) in [4.78, 5) is 0. The third kappa shape index (κ3) is 2.83. The summed E-state index contributed by atoms with van der Waals surface area (Å²) < 4.78 is 5.70. The molecular formula is C13H10Cl3NO. The van der Waals surface area contributed by atoms with E-state index in [4.69, 9.17) is 45.3 Å². The number of ether oxygens (including phenoxy) is 1. The molecule has 0 aliphatic heterocycles. The second-order valence-corrected chi connectivity index (χ2v) is 5.04. The van der Waals surface area contributed by atoms with E-state index in [2.05, 4.69) is 0 Å². The number of aryl methyl sites for hydroxylation is 1. The molecule has 0 atom stereocenters. The molecule has 0 saturated heterocycles. The van der Waals surface area contributed by atoms with Crippen molar-refractivity contribution in [2.75, 3.05) is 5.73 Å². The Morgan fingerprint density at radius 1 is 0.944 bits per heavy atom. The van der Waals surface area contributed by atoms with E-state index in [9.17, 15) is 0 Å². The van der Waals surface area contributed by atoms with Gasteiger partial charge in [-0.1, -0.05) is 34.8 Å². The van der Waals surface area contributed by atoms with Crippen LogP contribution in [0, 0.1) is 6.92 Å². The average Bonchev–Trinajstić information content (AvgIpc) is 2.31. The Kier molecular flexibility index (Phi) is 3.91. The van der Waals surface area contributed by atoms with Crippen molar-refractivity contribution >= 4 is 40.5 Å². The fraction of sp³-hybridized carbons (Fsp3) is 0.0769. The molecule has 2 nitrogen and oxygen atoms in total. The first kappa shape index (κ1) is 13.3. The summed E-state index contributed by atoms with van der Waals surface area (Å²) in [6, 6.07) is 8.49. The molecule has 0 spiro atoms. The van der Waals surface area contributed by atoms with Crippen LogP contribution in [0.5, 0.6) is 11.5 Å². The Labute approximate surface area is 120 Å². The third-order valence-electron chi connectivity index (χ3n) is 2.41. The van der Waals surface area contributed by atoms with Gasteiger partial charge < -0.3 is 10.5 Å². The number of benzene rings is 2. The second kappa shape index (κ2) is 5.27. The van der Waals surface area contributed by atoms with Gasteiger partial charge in [-0.15, -0.1) is 0 Å². The molecule has 0 aliphatic carbocycles. The number of anilines is 1. The van der Waals surface area contributed by atoms with Crippen molar-refractivity contribution in [2.45, 2.75) is 6.92 Å². The molecule has 0 amide bonds. The smallest absolute Gasteiger partial charge is 0.131 e. The number of nitrogens with two attached hydrogens (primary N) is 1. The minimum Gasteiger partial charge on any atom is -0.457 e. The van der Waals surface area contributed by atoms with Gasteiger partial charge in [0.1, 0.15) is 11.5 Å². The average molecular weight is 303 g/mol. The normalized spacial score (nSPS) is 10.4. The SMILES string of the molecule is Cc1cc(N)c(Cl)cc1Oc1ccc(Cl)c(Cl)c1. The molecule has 0 saturated carbocycles. The van der Waals surface area contributed by atoms with Gasteiger partial charge in [0.15, 0.2) is 0 Å². The van der Waals surface area contributed by atoms with Crippen LogP contribution in [0.15, 0.2) is 30.3 Å². The molecule has 2 N–H and O–H groups in total. The molecule has 0 heterocycles. The Balaban J connectivity index is 2.34. The highest BCUT2D eigenvalue weighted by Gasteiger charge is 2.07. The van der Waals surface area contributed by atoms with E-state index in [1.54, 1.807) is 30.3 Å². The molecule has 0 bridgehead atoms. The monoisotopic (exact) mass is 301 g/mol. The summed E-state index contributed by atoms with van der Waals surface area (Å²) in [5.74, 6) is 1.22. The first-order valence-corrected chi connectivity index (χ1v) is 6.29. The van der Waals surface area contributed by atoms with Gasteiger partial charge >= 0.3 is 0 Å². The van der Waals surface area contributed by atoms with E-state index in [1.807, 2.05) is 6.92 Å². The van der Waals surface area contributed by atoms with E-state index in [1.165, 1.54) is 0 Å². The van der Waals surface area contributed by atoms with Crippen LogP contribution in [0.1, 0.15) is 5.56 Å². The summed E-state index contributed by atoms with van der Waals surface area (Å²) in [5, 5.41) is 1.38. The molecule has 0 aromatic heterocycles. The highest BCUT2D eigenvalue weighted by molar-refractivity contribution is 6.42. The predicted molar refractivity (Wildman–Crippen MR) is 77.1 cm³/mol. The lowest BCUT2D eigenvalue weighted by atomic mass is 10.2. The zero-order chi connectivity index (χ0) is 13.3. The van der Waals surface area contributed by atoms with Crippen molar-refractivity contribution in [3.8, 4) is 11.5 Å². The quantitative estimate of drug-likeness (QED) is 0.761. The maximum absolute atomic E-state index is 5.96. The summed E-state index contributed by atoms with van der Waals surface area (Å²) in [7, 11) is 0. The molecule has 2 aromatic carbocycles. The van der Waals surface area contributed by atoms with Gasteiger partial charge in [-0.3, -0.25) is 0 Å². The number of hydrogen-bond donors (Lipinski definition) is 1. The predicted octanol–water partition coefficient (Wildman–Crippen LogP) is 5.33. The summed E-state index contributed by atoms with van der Waals surface area (Å²) >= 11 is 17.7. The van der Waals surface area contributed by atoms with E-state index in [0.29, 0.717) is 32.3 Å². The van der Waals surface area contributed by atoms with Crippen LogP contribution < -0.4 is 10.5 Å². The highest BCUT2D eigenvalue weighted by Crippen LogP contribution is 2.34. The van der Waals surface area contributed by atoms with Gasteiger partial charge in [-0.05, 0) is 30.7 Å². The third-order valence-corrected chi connectivity index (χ3v) is 3.48. The van der Waals surface area contributed by atoms with E-state index in [0.717, 1.165) is 5.56 Å². The van der Waals surface area contributed by atoms with Gasteiger partial charge in [0, 0.05) is 12.1 Å². The van der Waals surface area contributed by atoms with Crippen LogP contribution in [0.25, 0.3) is 0 Å². The van der Waals surface area contributed by atoms with E-state index >= 15 is 0 Å². The Hall–Kier alpha value is -1.09. The minimum absolute atomic E-state index is 0.438. The number of rotatable bonds is 2. The van der Waals surface area contributed by atoms with Crippen molar-refractivity contribution in [1.82, 2.24) is 0 Å². The summed E-state index contributed by atoms with van der Waals surface area (Å²) in [5.41, 5.74) is 7.12. The topological polar surface area (TPSA) is 35.2 Å². The van der Waals surface area contributed by atoms with Crippen molar-refractivity contribution < 1.29 is 4.74 Å². The van der Waals surface area contributed by atoms with E-state index in [-0.39, 0.29) is 0 Å². The molecule has 0 unspecified atom stereocenters. The number of halogens is 3. The van der Waals surface area contributed by atoms with Gasteiger partial charge in [0.25, 0.3) is 0 Å². The lowest BCUT2D eigenvalue weighted by Gasteiger charge is -2.11. The lowest BCUT2D eigenvalue weighted by molar-refractivity contribution is 0.479. The van der Waals surface area contributed by atoms with Crippen LogP contribution in [0.3, 0.4) is 0 Å². The molecule has 18 heavy (non-hydrogen) atoms. The van der Waals surface area contributed by atoms with Crippen molar-refractivity contribution in [1.29, 1.82) is 0 Å². The zero-order valence-electron chi connectivity index (χ0n) is 9.51. The van der Waals surface area contributed by atoms with Gasteiger partial charge in [-0.2, -0.15) is 0 Å². The minimum atomic E-state index is 0.438. The lowest BCUT2D eigenvalue weighted by Crippen LogP contribution is -1.92. The summed E-state index contributed by atoms with van der Waals surface area (Å²) in [6.07, 6.45) is 0.